The van der Waals surface area contributed by atoms with Gasteiger partial charge < -0.3 is 9.47 Å². The molecular formula is C11H22BrNO2. The van der Waals surface area contributed by atoms with Gasteiger partial charge in [0.25, 0.3) is 0 Å². The van der Waals surface area contributed by atoms with Gasteiger partial charge in [0.2, 0.25) is 0 Å². The maximum absolute atomic E-state index is 5.42. The zero-order valence-corrected chi connectivity index (χ0v) is 11.5. The number of methoxy groups -OCH3 is 2. The van der Waals surface area contributed by atoms with E-state index in [4.69, 9.17) is 9.47 Å². The molecule has 4 heteroatoms. The third kappa shape index (κ3) is 3.70. The third-order valence-corrected chi connectivity index (χ3v) is 4.12. The number of nitrogens with zero attached hydrogens (tertiary/aromatic N) is 1. The second-order valence-corrected chi connectivity index (χ2v) is 4.84. The molecule has 0 aromatic carbocycles. The first-order valence-corrected chi connectivity index (χ1v) is 6.71. The lowest BCUT2D eigenvalue weighted by Gasteiger charge is -2.20. The van der Waals surface area contributed by atoms with Crippen molar-refractivity contribution in [3.63, 3.8) is 0 Å². The molecule has 0 amide bonds. The van der Waals surface area contributed by atoms with E-state index in [9.17, 15) is 0 Å². The Morgan fingerprint density at radius 1 is 1.27 bits per heavy atom. The van der Waals surface area contributed by atoms with E-state index >= 15 is 0 Å². The highest BCUT2D eigenvalue weighted by molar-refractivity contribution is 9.09. The van der Waals surface area contributed by atoms with E-state index in [0.29, 0.717) is 0 Å². The third-order valence-electron chi connectivity index (χ3n) is 3.21. The molecule has 3 atom stereocenters. The minimum Gasteiger partial charge on any atom is -0.377 e. The molecule has 0 spiro atoms. The van der Waals surface area contributed by atoms with Crippen molar-refractivity contribution < 1.29 is 9.47 Å². The maximum atomic E-state index is 5.42. The summed E-state index contributed by atoms with van der Waals surface area (Å²) in [5.41, 5.74) is 0. The van der Waals surface area contributed by atoms with Crippen LogP contribution in [0.1, 0.15) is 13.3 Å². The first-order chi connectivity index (χ1) is 7.24. The highest BCUT2D eigenvalue weighted by Crippen LogP contribution is 2.18. The van der Waals surface area contributed by atoms with Gasteiger partial charge in [-0.25, -0.2) is 0 Å². The fourth-order valence-corrected chi connectivity index (χ4v) is 2.74. The highest BCUT2D eigenvalue weighted by atomic mass is 79.9. The van der Waals surface area contributed by atoms with Crippen LogP contribution in [0, 0.1) is 5.92 Å². The number of hydrogen-bond acceptors (Lipinski definition) is 3. The summed E-state index contributed by atoms with van der Waals surface area (Å²) in [6.45, 7) is 5.38. The molecule has 1 heterocycles. The van der Waals surface area contributed by atoms with Gasteiger partial charge in [-0.2, -0.15) is 0 Å². The molecule has 0 radical (unpaired) electrons. The monoisotopic (exact) mass is 279 g/mol. The molecule has 90 valence electrons. The van der Waals surface area contributed by atoms with Crippen LogP contribution in [-0.2, 0) is 9.47 Å². The molecule has 3 nitrogen and oxygen atoms in total. The van der Waals surface area contributed by atoms with Crippen LogP contribution in [0.2, 0.25) is 0 Å². The zero-order chi connectivity index (χ0) is 11.3. The highest BCUT2D eigenvalue weighted by Gasteiger charge is 2.33. The Hall–Kier alpha value is 0.360. The summed E-state index contributed by atoms with van der Waals surface area (Å²) in [6, 6.07) is 0. The van der Waals surface area contributed by atoms with Gasteiger partial charge in [-0.3, -0.25) is 4.90 Å². The van der Waals surface area contributed by atoms with E-state index in [2.05, 4.69) is 27.8 Å². The summed E-state index contributed by atoms with van der Waals surface area (Å²) in [5.74, 6) is 0.734. The largest absolute Gasteiger partial charge is 0.377 e. The van der Waals surface area contributed by atoms with Crippen molar-refractivity contribution >= 4 is 15.9 Å². The van der Waals surface area contributed by atoms with Crippen LogP contribution in [0.5, 0.6) is 0 Å². The van der Waals surface area contributed by atoms with E-state index in [-0.39, 0.29) is 12.2 Å². The summed E-state index contributed by atoms with van der Waals surface area (Å²) >= 11 is 3.56. The van der Waals surface area contributed by atoms with Crippen molar-refractivity contribution in [1.82, 2.24) is 4.90 Å². The van der Waals surface area contributed by atoms with Crippen molar-refractivity contribution in [2.45, 2.75) is 25.6 Å². The van der Waals surface area contributed by atoms with Gasteiger partial charge in [0.05, 0.1) is 12.2 Å². The maximum Gasteiger partial charge on any atom is 0.0971 e. The number of hydrogen-bond donors (Lipinski definition) is 0. The van der Waals surface area contributed by atoms with Gasteiger partial charge in [-0.05, 0) is 5.92 Å². The SMILES string of the molecule is CCC(CBr)CN1CC(OC)C(OC)C1. The van der Waals surface area contributed by atoms with Crippen molar-refractivity contribution in [2.75, 3.05) is 39.2 Å². The molecule has 0 saturated carbocycles. The standard InChI is InChI=1S/C11H22BrNO2/c1-4-9(5-12)6-13-7-10(14-2)11(8-13)15-3/h9-11H,4-8H2,1-3H3. The van der Waals surface area contributed by atoms with Crippen LogP contribution < -0.4 is 0 Å². The van der Waals surface area contributed by atoms with Crippen LogP contribution >= 0.6 is 15.9 Å². The van der Waals surface area contributed by atoms with Gasteiger partial charge in [-0.15, -0.1) is 0 Å². The normalized spacial score (nSPS) is 29.6. The average molecular weight is 280 g/mol. The smallest absolute Gasteiger partial charge is 0.0971 e. The van der Waals surface area contributed by atoms with Gasteiger partial charge in [0, 0.05) is 39.2 Å². The van der Waals surface area contributed by atoms with Gasteiger partial charge >= 0.3 is 0 Å². The number of likely N-dealkylation sites (tertiary alicyclic amines) is 1. The Balaban J connectivity index is 2.39. The number of ether oxygens (including phenoxy) is 2. The van der Waals surface area contributed by atoms with Crippen LogP contribution in [0.3, 0.4) is 0 Å². The minimum absolute atomic E-state index is 0.239. The predicted octanol–water partition coefficient (Wildman–Crippen LogP) is 1.75. The lowest BCUT2D eigenvalue weighted by Crippen LogP contribution is -2.29. The van der Waals surface area contributed by atoms with Crippen molar-refractivity contribution in [3.05, 3.63) is 0 Å². The van der Waals surface area contributed by atoms with Crippen LogP contribution in [-0.4, -0.2) is 56.3 Å². The Kier molecular flexibility index (Phi) is 6.12. The molecule has 0 aromatic rings. The molecule has 1 saturated heterocycles. The van der Waals surface area contributed by atoms with Crippen LogP contribution in [0.4, 0.5) is 0 Å². The second kappa shape index (κ2) is 6.84. The lowest BCUT2D eigenvalue weighted by molar-refractivity contribution is -0.00461. The zero-order valence-electron chi connectivity index (χ0n) is 9.91. The molecule has 3 unspecified atom stereocenters. The van der Waals surface area contributed by atoms with Gasteiger partial charge in [0.1, 0.15) is 0 Å². The fraction of sp³-hybridized carbons (Fsp3) is 1.00. The van der Waals surface area contributed by atoms with Crippen molar-refractivity contribution in [2.24, 2.45) is 5.92 Å². The summed E-state index contributed by atoms with van der Waals surface area (Å²) in [6.07, 6.45) is 1.70. The lowest BCUT2D eigenvalue weighted by atomic mass is 10.1. The average Bonchev–Trinajstić information content (AvgIpc) is 2.68. The molecule has 0 bridgehead atoms. The van der Waals surface area contributed by atoms with Crippen molar-refractivity contribution in [1.29, 1.82) is 0 Å². The second-order valence-electron chi connectivity index (χ2n) is 4.20. The molecule has 1 aliphatic heterocycles. The first kappa shape index (κ1) is 13.4. The topological polar surface area (TPSA) is 21.7 Å². The Bertz CT molecular complexity index is 164. The summed E-state index contributed by atoms with van der Waals surface area (Å²) in [5, 5.41) is 1.08. The Morgan fingerprint density at radius 3 is 2.13 bits per heavy atom. The predicted molar refractivity (Wildman–Crippen MR) is 65.6 cm³/mol. The molecule has 0 N–H and O–H groups in total. The summed E-state index contributed by atoms with van der Waals surface area (Å²) in [7, 11) is 3.53. The fourth-order valence-electron chi connectivity index (χ4n) is 2.07. The Labute approximate surface area is 101 Å². The molecule has 1 rings (SSSR count). The van der Waals surface area contributed by atoms with E-state index in [1.54, 1.807) is 14.2 Å². The molecule has 0 aliphatic carbocycles. The quantitative estimate of drug-likeness (QED) is 0.692. The van der Waals surface area contributed by atoms with Crippen LogP contribution in [0.15, 0.2) is 0 Å². The molecular weight excluding hydrogens is 258 g/mol. The van der Waals surface area contributed by atoms with Gasteiger partial charge in [-0.1, -0.05) is 29.3 Å². The molecule has 0 aromatic heterocycles. The van der Waals surface area contributed by atoms with E-state index in [0.717, 1.165) is 30.9 Å². The molecule has 15 heavy (non-hydrogen) atoms. The summed E-state index contributed by atoms with van der Waals surface area (Å²) in [4.78, 5) is 2.44. The number of halogens is 1. The van der Waals surface area contributed by atoms with E-state index in [1.165, 1.54) is 6.42 Å². The molecule has 1 aliphatic rings. The Morgan fingerprint density at radius 2 is 1.80 bits per heavy atom. The van der Waals surface area contributed by atoms with E-state index in [1.807, 2.05) is 0 Å². The van der Waals surface area contributed by atoms with Gasteiger partial charge in [0.15, 0.2) is 0 Å². The minimum atomic E-state index is 0.239. The first-order valence-electron chi connectivity index (χ1n) is 5.59. The van der Waals surface area contributed by atoms with E-state index < -0.39 is 0 Å². The van der Waals surface area contributed by atoms with Crippen LogP contribution in [0.25, 0.3) is 0 Å². The number of rotatable bonds is 6. The molecule has 1 fully saturated rings. The number of alkyl halides is 1. The summed E-state index contributed by atoms with van der Waals surface area (Å²) < 4.78 is 10.8. The van der Waals surface area contributed by atoms with Crippen molar-refractivity contribution in [3.8, 4) is 0 Å².